The fourth-order valence-corrected chi connectivity index (χ4v) is 1.85. The van der Waals surface area contributed by atoms with Crippen LogP contribution in [-0.2, 0) is 14.1 Å². The van der Waals surface area contributed by atoms with Gasteiger partial charge in [0.05, 0.1) is 17.0 Å². The molecule has 2 aromatic rings. The Morgan fingerprint density at radius 3 is 2.42 bits per heavy atom. The molecular formula is C13H11N7O4. The summed E-state index contributed by atoms with van der Waals surface area (Å²) in [5.41, 5.74) is -0.860. The maximum Gasteiger partial charge on any atom is 0.437 e. The lowest BCUT2D eigenvalue weighted by Crippen LogP contribution is -2.38. The first kappa shape index (κ1) is 16.6. The van der Waals surface area contributed by atoms with Crippen molar-refractivity contribution in [1.82, 2.24) is 9.13 Å². The first-order valence-electron chi connectivity index (χ1n) is 6.50. The second-order valence-electron chi connectivity index (χ2n) is 4.67. The van der Waals surface area contributed by atoms with E-state index in [0.717, 1.165) is 9.13 Å². The molecule has 0 amide bonds. The summed E-state index contributed by atoms with van der Waals surface area (Å²) in [5.74, 6) is -0.815. The van der Waals surface area contributed by atoms with Gasteiger partial charge in [0.25, 0.3) is 11.2 Å². The van der Waals surface area contributed by atoms with E-state index in [1.54, 1.807) is 0 Å². The molecule has 0 spiro atoms. The molecule has 2 rings (SSSR count). The van der Waals surface area contributed by atoms with Crippen molar-refractivity contribution >= 4 is 17.6 Å². The Morgan fingerprint density at radius 1 is 1.25 bits per heavy atom. The second-order valence-corrected chi connectivity index (χ2v) is 4.67. The number of nitrogens with zero attached hydrogens (tertiary/aromatic N) is 7. The number of hydrogen-bond acceptors (Lipinski definition) is 7. The van der Waals surface area contributed by atoms with Gasteiger partial charge in [0.1, 0.15) is 0 Å². The zero-order valence-corrected chi connectivity index (χ0v) is 12.7. The number of hydrogen-bond donors (Lipinski definition) is 0. The van der Waals surface area contributed by atoms with E-state index in [9.17, 15) is 20.0 Å². The predicted molar refractivity (Wildman–Crippen MR) is 81.1 cm³/mol. The van der Waals surface area contributed by atoms with E-state index in [-0.39, 0.29) is 11.2 Å². The van der Waals surface area contributed by atoms with E-state index < -0.39 is 22.2 Å². The van der Waals surface area contributed by atoms with Crippen LogP contribution >= 0.6 is 0 Å². The van der Waals surface area contributed by atoms with Gasteiger partial charge in [-0.1, -0.05) is 0 Å². The van der Waals surface area contributed by atoms with Crippen LogP contribution in [0, 0.1) is 15.5 Å². The molecule has 11 nitrogen and oxygen atoms in total. The van der Waals surface area contributed by atoms with E-state index in [1.807, 2.05) is 0 Å². The van der Waals surface area contributed by atoms with Gasteiger partial charge in [-0.05, 0) is 17.7 Å². The van der Waals surface area contributed by atoms with E-state index in [0.29, 0.717) is 5.56 Å². The third-order valence-corrected chi connectivity index (χ3v) is 3.17. The zero-order valence-electron chi connectivity index (χ0n) is 12.7. The summed E-state index contributed by atoms with van der Waals surface area (Å²) >= 11 is 0. The molecule has 0 fully saturated rings. The smallest absolute Gasteiger partial charge is 0.437 e. The SMILES string of the molecule is Cn1c([O-])c([N+]#N)c(=NN=Cc2ccc([N+](=O)[O-])cc2)n(C)c1=O. The van der Waals surface area contributed by atoms with Crippen LogP contribution in [0.25, 0.3) is 4.98 Å². The third kappa shape index (κ3) is 3.02. The largest absolute Gasteiger partial charge is 0.854 e. The molecule has 0 saturated carbocycles. The molecule has 24 heavy (non-hydrogen) atoms. The highest BCUT2D eigenvalue weighted by Gasteiger charge is 2.18. The van der Waals surface area contributed by atoms with Gasteiger partial charge in [-0.15, -0.1) is 5.10 Å². The summed E-state index contributed by atoms with van der Waals surface area (Å²) in [6.45, 7) is 0. The number of rotatable bonds is 3. The number of diazo groups is 1. The van der Waals surface area contributed by atoms with Crippen LogP contribution in [-0.4, -0.2) is 20.3 Å². The second kappa shape index (κ2) is 6.53. The Morgan fingerprint density at radius 2 is 1.88 bits per heavy atom. The average molecular weight is 329 g/mol. The molecule has 0 saturated heterocycles. The van der Waals surface area contributed by atoms with Crippen molar-refractivity contribution in [2.45, 2.75) is 0 Å². The summed E-state index contributed by atoms with van der Waals surface area (Å²) in [6, 6.07) is 5.50. The van der Waals surface area contributed by atoms with Crippen molar-refractivity contribution < 1.29 is 10.0 Å². The number of aromatic nitrogens is 2. The first-order valence-corrected chi connectivity index (χ1v) is 6.50. The minimum Gasteiger partial charge on any atom is -0.854 e. The average Bonchev–Trinajstić information content (AvgIpc) is 2.58. The van der Waals surface area contributed by atoms with Crippen molar-refractivity contribution in [1.29, 1.82) is 5.39 Å². The molecule has 0 bridgehead atoms. The Labute approximate surface area is 134 Å². The summed E-state index contributed by atoms with van der Waals surface area (Å²) in [5, 5.41) is 38.8. The Bertz CT molecular complexity index is 993. The van der Waals surface area contributed by atoms with Crippen LogP contribution in [0.2, 0.25) is 0 Å². The number of benzene rings is 1. The van der Waals surface area contributed by atoms with Crippen LogP contribution in [0.15, 0.2) is 39.3 Å². The molecule has 0 N–H and O–H groups in total. The highest BCUT2D eigenvalue weighted by Crippen LogP contribution is 2.14. The van der Waals surface area contributed by atoms with Crippen LogP contribution in [0.1, 0.15) is 5.56 Å². The minimum absolute atomic E-state index is 0.0700. The van der Waals surface area contributed by atoms with Crippen molar-refractivity contribution in [3.8, 4) is 5.88 Å². The van der Waals surface area contributed by atoms with Crippen LogP contribution in [0.3, 0.4) is 0 Å². The maximum atomic E-state index is 11.8. The van der Waals surface area contributed by atoms with Gasteiger partial charge in [0.2, 0.25) is 5.39 Å². The van der Waals surface area contributed by atoms with Gasteiger partial charge in [0, 0.05) is 26.2 Å². The molecular weight excluding hydrogens is 318 g/mol. The highest BCUT2D eigenvalue weighted by molar-refractivity contribution is 5.79. The van der Waals surface area contributed by atoms with Gasteiger partial charge in [-0.3, -0.25) is 14.7 Å². The maximum absolute atomic E-state index is 11.8. The standard InChI is InChI=1S/C13H11N7O4/c1-18-11(10(16-14)12(21)19(2)13(18)22)17-15-7-8-3-5-9(6-4-8)20(23)24/h3-7H,1-2H3. The van der Waals surface area contributed by atoms with Gasteiger partial charge < -0.3 is 9.67 Å². The lowest BCUT2D eigenvalue weighted by Gasteiger charge is -2.09. The molecule has 0 atom stereocenters. The highest BCUT2D eigenvalue weighted by atomic mass is 16.6. The topological polar surface area (TPSA) is 146 Å². The van der Waals surface area contributed by atoms with Crippen molar-refractivity contribution in [3.63, 3.8) is 0 Å². The monoisotopic (exact) mass is 329 g/mol. The number of nitro benzene ring substituents is 1. The van der Waals surface area contributed by atoms with E-state index >= 15 is 0 Å². The lowest BCUT2D eigenvalue weighted by molar-refractivity contribution is -0.384. The molecule has 0 aliphatic heterocycles. The third-order valence-electron chi connectivity index (χ3n) is 3.17. The molecule has 1 aromatic carbocycles. The predicted octanol–water partition coefficient (Wildman–Crippen LogP) is 0.125. The number of non-ortho nitro benzene ring substituents is 1. The minimum atomic E-state index is -0.815. The first-order chi connectivity index (χ1) is 11.4. The Balaban J connectivity index is 2.48. The van der Waals surface area contributed by atoms with Crippen molar-refractivity contribution in [2.75, 3.05) is 0 Å². The number of nitro groups is 1. The van der Waals surface area contributed by atoms with Crippen LogP contribution in [0.5, 0.6) is 5.88 Å². The van der Waals surface area contributed by atoms with Crippen molar-refractivity contribution in [3.05, 3.63) is 60.9 Å². The van der Waals surface area contributed by atoms with E-state index in [4.69, 9.17) is 5.39 Å². The molecule has 0 aliphatic rings. The molecule has 0 radical (unpaired) electrons. The summed E-state index contributed by atoms with van der Waals surface area (Å²) < 4.78 is 1.78. The van der Waals surface area contributed by atoms with E-state index in [1.165, 1.54) is 44.6 Å². The van der Waals surface area contributed by atoms with Gasteiger partial charge in [-0.25, -0.2) is 4.79 Å². The molecule has 0 aliphatic carbocycles. The van der Waals surface area contributed by atoms with Gasteiger partial charge >= 0.3 is 11.4 Å². The van der Waals surface area contributed by atoms with Gasteiger partial charge in [0.15, 0.2) is 4.98 Å². The van der Waals surface area contributed by atoms with Crippen molar-refractivity contribution in [2.24, 2.45) is 24.3 Å². The molecule has 122 valence electrons. The lowest BCUT2D eigenvalue weighted by atomic mass is 10.2. The summed E-state index contributed by atoms with van der Waals surface area (Å²) in [7, 11) is 2.58. The molecule has 1 heterocycles. The van der Waals surface area contributed by atoms with Crippen LogP contribution < -0.4 is 16.3 Å². The van der Waals surface area contributed by atoms with E-state index in [2.05, 4.69) is 15.2 Å². The molecule has 11 heteroatoms. The summed E-state index contributed by atoms with van der Waals surface area (Å²) in [4.78, 5) is 24.7. The fourth-order valence-electron chi connectivity index (χ4n) is 1.85. The fraction of sp³-hybridized carbons (Fsp3) is 0.154. The van der Waals surface area contributed by atoms with Crippen LogP contribution in [0.4, 0.5) is 11.4 Å². The quantitative estimate of drug-likeness (QED) is 0.340. The van der Waals surface area contributed by atoms with Gasteiger partial charge in [-0.2, -0.15) is 5.10 Å². The Kier molecular flexibility index (Phi) is 4.50. The molecule has 1 aromatic heterocycles. The zero-order chi connectivity index (χ0) is 17.9. The normalized spacial score (nSPS) is 11.6. The molecule has 0 unspecified atom stereocenters. The summed E-state index contributed by atoms with van der Waals surface area (Å²) in [6.07, 6.45) is 1.27. The Hall–Kier alpha value is -3.81.